The van der Waals surface area contributed by atoms with Gasteiger partial charge in [0.1, 0.15) is 5.69 Å². The van der Waals surface area contributed by atoms with Crippen LogP contribution in [0.3, 0.4) is 0 Å². The van der Waals surface area contributed by atoms with Crippen LogP contribution >= 0.6 is 0 Å². The van der Waals surface area contributed by atoms with Gasteiger partial charge in [0, 0.05) is 7.11 Å². The highest BCUT2D eigenvalue weighted by molar-refractivity contribution is 5.77. The van der Waals surface area contributed by atoms with E-state index < -0.39 is 0 Å². The van der Waals surface area contributed by atoms with Crippen LogP contribution in [0, 0.1) is 0 Å². The Morgan fingerprint density at radius 3 is 3.12 bits per heavy atom. The third kappa shape index (κ3) is 3.59. The molecule has 1 unspecified atom stereocenters. The maximum atomic E-state index is 10.9. The summed E-state index contributed by atoms with van der Waals surface area (Å²) in [5.74, 6) is -0.209. The minimum absolute atomic E-state index is 0.0196. The topological polar surface area (TPSA) is 95.1 Å². The maximum absolute atomic E-state index is 10.9. The van der Waals surface area contributed by atoms with Crippen LogP contribution in [0.2, 0.25) is 0 Å². The third-order valence-electron chi connectivity index (χ3n) is 2.07. The maximum Gasteiger partial charge on any atom is 0.234 e. The van der Waals surface area contributed by atoms with Crippen LogP contribution in [0.15, 0.2) is 6.20 Å². The number of methoxy groups -OCH3 is 1. The summed E-state index contributed by atoms with van der Waals surface area (Å²) in [6.45, 7) is 2.86. The van der Waals surface area contributed by atoms with E-state index in [1.165, 1.54) is 0 Å². The summed E-state index contributed by atoms with van der Waals surface area (Å²) in [5, 5.41) is 10.5. The van der Waals surface area contributed by atoms with Crippen molar-refractivity contribution in [3.63, 3.8) is 0 Å². The van der Waals surface area contributed by atoms with E-state index in [1.807, 2.05) is 6.92 Å². The lowest BCUT2D eigenvalue weighted by atomic mass is 10.3. The van der Waals surface area contributed by atoms with Gasteiger partial charge in [-0.3, -0.25) is 4.79 Å². The van der Waals surface area contributed by atoms with E-state index in [0.717, 1.165) is 0 Å². The Morgan fingerprint density at radius 1 is 1.75 bits per heavy atom. The van der Waals surface area contributed by atoms with Gasteiger partial charge in [-0.05, 0) is 6.92 Å². The van der Waals surface area contributed by atoms with Gasteiger partial charge in [-0.1, -0.05) is 5.21 Å². The molecule has 0 aromatic carbocycles. The Kier molecular flexibility index (Phi) is 4.87. The number of amides is 1. The lowest BCUT2D eigenvalue weighted by Crippen LogP contribution is -2.29. The molecule has 1 aromatic rings. The Labute approximate surface area is 93.9 Å². The molecule has 1 rings (SSSR count). The molecule has 0 spiro atoms. The highest BCUT2D eigenvalue weighted by Gasteiger charge is 2.08. The zero-order valence-electron chi connectivity index (χ0n) is 9.51. The number of nitrogens with one attached hydrogen (secondary N) is 1. The molecule has 16 heavy (non-hydrogen) atoms. The number of carbonyl (C=O) groups excluding carboxylic acids is 1. The van der Waals surface area contributed by atoms with Gasteiger partial charge in [-0.25, -0.2) is 4.68 Å². The molecule has 1 aromatic heterocycles. The second kappa shape index (κ2) is 6.19. The van der Waals surface area contributed by atoms with E-state index in [9.17, 15) is 4.79 Å². The second-order valence-electron chi connectivity index (χ2n) is 3.48. The fraction of sp³-hybridized carbons (Fsp3) is 0.667. The molecule has 0 saturated carbocycles. The number of nitrogens with two attached hydrogens (primary N) is 1. The highest BCUT2D eigenvalue weighted by Crippen LogP contribution is 2.04. The SMILES string of the molecule is COCC(C)n1cc(CNC(=O)CN)nn1. The van der Waals surface area contributed by atoms with Crippen LogP contribution in [0.4, 0.5) is 0 Å². The summed E-state index contributed by atoms with van der Waals surface area (Å²) in [4.78, 5) is 10.9. The number of hydrogen-bond acceptors (Lipinski definition) is 5. The molecule has 0 aliphatic rings. The summed E-state index contributed by atoms with van der Waals surface area (Å²) in [7, 11) is 1.63. The van der Waals surface area contributed by atoms with E-state index in [-0.39, 0.29) is 18.5 Å². The van der Waals surface area contributed by atoms with Crippen molar-refractivity contribution in [2.45, 2.75) is 19.5 Å². The molecule has 0 saturated heterocycles. The monoisotopic (exact) mass is 227 g/mol. The fourth-order valence-electron chi connectivity index (χ4n) is 1.19. The molecule has 0 aliphatic carbocycles. The summed E-state index contributed by atoms with van der Waals surface area (Å²) in [6, 6.07) is 0.122. The van der Waals surface area contributed by atoms with Gasteiger partial charge in [-0.15, -0.1) is 5.10 Å². The first-order valence-electron chi connectivity index (χ1n) is 5.03. The first-order valence-corrected chi connectivity index (χ1v) is 5.03. The molecule has 90 valence electrons. The third-order valence-corrected chi connectivity index (χ3v) is 2.07. The smallest absolute Gasteiger partial charge is 0.234 e. The number of hydrogen-bond donors (Lipinski definition) is 2. The van der Waals surface area contributed by atoms with Gasteiger partial charge >= 0.3 is 0 Å². The standard InChI is InChI=1S/C9H17N5O2/c1-7(6-16-2)14-5-8(12-13-14)4-11-9(15)3-10/h5,7H,3-4,6,10H2,1-2H3,(H,11,15). The van der Waals surface area contributed by atoms with Gasteiger partial charge in [0.15, 0.2) is 0 Å². The van der Waals surface area contributed by atoms with Crippen LogP contribution in [0.25, 0.3) is 0 Å². The van der Waals surface area contributed by atoms with Crippen LogP contribution in [-0.4, -0.2) is 41.2 Å². The lowest BCUT2D eigenvalue weighted by Gasteiger charge is -2.08. The molecule has 1 heterocycles. The van der Waals surface area contributed by atoms with Gasteiger partial charge < -0.3 is 15.8 Å². The van der Waals surface area contributed by atoms with Gasteiger partial charge in [-0.2, -0.15) is 0 Å². The van der Waals surface area contributed by atoms with E-state index in [4.69, 9.17) is 10.5 Å². The molecular formula is C9H17N5O2. The van der Waals surface area contributed by atoms with Crippen molar-refractivity contribution in [3.8, 4) is 0 Å². The van der Waals surface area contributed by atoms with Gasteiger partial charge in [0.25, 0.3) is 0 Å². The van der Waals surface area contributed by atoms with Crippen molar-refractivity contribution in [2.75, 3.05) is 20.3 Å². The minimum atomic E-state index is -0.209. The van der Waals surface area contributed by atoms with Crippen molar-refractivity contribution in [1.29, 1.82) is 0 Å². The second-order valence-corrected chi connectivity index (χ2v) is 3.48. The molecule has 0 fully saturated rings. The molecule has 1 atom stereocenters. The molecule has 1 amide bonds. The minimum Gasteiger partial charge on any atom is -0.382 e. The summed E-state index contributed by atoms with van der Waals surface area (Å²) in [6.07, 6.45) is 1.78. The summed E-state index contributed by atoms with van der Waals surface area (Å²) >= 11 is 0. The van der Waals surface area contributed by atoms with Crippen LogP contribution < -0.4 is 11.1 Å². The van der Waals surface area contributed by atoms with Gasteiger partial charge in [0.2, 0.25) is 5.91 Å². The van der Waals surface area contributed by atoms with Crippen LogP contribution in [0.5, 0.6) is 0 Å². The quantitative estimate of drug-likeness (QED) is 0.654. The molecule has 7 heteroatoms. The number of aromatic nitrogens is 3. The normalized spacial score (nSPS) is 12.4. The molecule has 0 radical (unpaired) electrons. The van der Waals surface area contributed by atoms with Crippen molar-refractivity contribution in [3.05, 3.63) is 11.9 Å². The zero-order chi connectivity index (χ0) is 12.0. The van der Waals surface area contributed by atoms with E-state index in [1.54, 1.807) is 18.0 Å². The van der Waals surface area contributed by atoms with Crippen LogP contribution in [-0.2, 0) is 16.1 Å². The van der Waals surface area contributed by atoms with Crippen molar-refractivity contribution < 1.29 is 9.53 Å². The first kappa shape index (κ1) is 12.6. The highest BCUT2D eigenvalue weighted by atomic mass is 16.5. The molecule has 3 N–H and O–H groups in total. The van der Waals surface area contributed by atoms with Crippen molar-refractivity contribution in [2.24, 2.45) is 5.73 Å². The molecule has 0 aliphatic heterocycles. The summed E-state index contributed by atoms with van der Waals surface area (Å²) in [5.41, 5.74) is 5.86. The average Bonchev–Trinajstić information content (AvgIpc) is 2.75. The number of nitrogens with zero attached hydrogens (tertiary/aromatic N) is 3. The van der Waals surface area contributed by atoms with Crippen LogP contribution in [0.1, 0.15) is 18.7 Å². The van der Waals surface area contributed by atoms with E-state index in [2.05, 4.69) is 15.6 Å². The van der Waals surface area contributed by atoms with Crippen molar-refractivity contribution >= 4 is 5.91 Å². The lowest BCUT2D eigenvalue weighted by molar-refractivity contribution is -0.119. The Morgan fingerprint density at radius 2 is 2.50 bits per heavy atom. The predicted molar refractivity (Wildman–Crippen MR) is 57.5 cm³/mol. The zero-order valence-corrected chi connectivity index (χ0v) is 9.51. The Hall–Kier alpha value is -1.47. The first-order chi connectivity index (χ1) is 7.67. The van der Waals surface area contributed by atoms with E-state index in [0.29, 0.717) is 18.8 Å². The number of rotatable bonds is 6. The van der Waals surface area contributed by atoms with E-state index >= 15 is 0 Å². The van der Waals surface area contributed by atoms with Gasteiger partial charge in [0.05, 0.1) is 31.9 Å². The van der Waals surface area contributed by atoms with Crippen molar-refractivity contribution in [1.82, 2.24) is 20.3 Å². The number of ether oxygens (including phenoxy) is 1. The largest absolute Gasteiger partial charge is 0.382 e. The molecule has 7 nitrogen and oxygen atoms in total. The Bertz CT molecular complexity index is 338. The predicted octanol–water partition coefficient (Wildman–Crippen LogP) is -0.940. The molecule has 0 bridgehead atoms. The number of carbonyl (C=O) groups is 1. The Balaban J connectivity index is 2.48. The fourth-order valence-corrected chi connectivity index (χ4v) is 1.19. The molecular weight excluding hydrogens is 210 g/mol. The summed E-state index contributed by atoms with van der Waals surface area (Å²) < 4.78 is 6.71. The average molecular weight is 227 g/mol.